The Labute approximate surface area is 183 Å². The second kappa shape index (κ2) is 8.81. The lowest BCUT2D eigenvalue weighted by atomic mass is 10.1. The summed E-state index contributed by atoms with van der Waals surface area (Å²) < 4.78 is 1.80. The fraction of sp³-hybridized carbons (Fsp3) is 0.0417. The Morgan fingerprint density at radius 2 is 1.90 bits per heavy atom. The molecule has 0 bridgehead atoms. The lowest BCUT2D eigenvalue weighted by molar-refractivity contribution is -0.111. The van der Waals surface area contributed by atoms with E-state index >= 15 is 0 Å². The molecule has 2 amide bonds. The molecule has 0 spiro atoms. The number of hydrogen-bond donors (Lipinski definition) is 2. The van der Waals surface area contributed by atoms with E-state index in [4.69, 9.17) is 10.8 Å². The van der Waals surface area contributed by atoms with Crippen LogP contribution >= 0.6 is 11.3 Å². The predicted octanol–water partition coefficient (Wildman–Crippen LogP) is 4.66. The molecule has 2 aromatic carbocycles. The van der Waals surface area contributed by atoms with E-state index < -0.39 is 5.91 Å². The molecule has 4 aromatic rings. The molecule has 0 saturated heterocycles. The molecule has 0 aliphatic carbocycles. The first-order valence-electron chi connectivity index (χ1n) is 9.60. The van der Waals surface area contributed by atoms with Crippen molar-refractivity contribution in [2.75, 3.05) is 5.32 Å². The Kier molecular flexibility index (Phi) is 5.77. The Hall–Kier alpha value is -3.97. The van der Waals surface area contributed by atoms with Gasteiger partial charge in [0.15, 0.2) is 0 Å². The van der Waals surface area contributed by atoms with Gasteiger partial charge in [-0.05, 0) is 60.3 Å². The quantitative estimate of drug-likeness (QED) is 0.438. The average Bonchev–Trinajstić information content (AvgIpc) is 3.42. The first-order valence-corrected chi connectivity index (χ1v) is 10.5. The van der Waals surface area contributed by atoms with Crippen LogP contribution in [0.2, 0.25) is 0 Å². The van der Waals surface area contributed by atoms with Crippen LogP contribution in [0.25, 0.3) is 22.3 Å². The zero-order valence-electron chi connectivity index (χ0n) is 16.8. The van der Waals surface area contributed by atoms with E-state index in [1.54, 1.807) is 47.2 Å². The molecule has 7 heteroatoms. The molecule has 3 N–H and O–H groups in total. The number of amides is 2. The molecule has 0 radical (unpaired) electrons. The van der Waals surface area contributed by atoms with Gasteiger partial charge in [-0.3, -0.25) is 9.59 Å². The van der Waals surface area contributed by atoms with Crippen LogP contribution < -0.4 is 11.1 Å². The van der Waals surface area contributed by atoms with Gasteiger partial charge in [-0.2, -0.15) is 5.10 Å². The molecule has 4 rings (SSSR count). The first-order chi connectivity index (χ1) is 15.0. The van der Waals surface area contributed by atoms with Gasteiger partial charge in [0.1, 0.15) is 5.69 Å². The van der Waals surface area contributed by atoms with Crippen molar-refractivity contribution < 1.29 is 9.59 Å². The van der Waals surface area contributed by atoms with Gasteiger partial charge in [-0.1, -0.05) is 24.3 Å². The van der Waals surface area contributed by atoms with Crippen molar-refractivity contribution in [3.05, 3.63) is 95.0 Å². The number of nitrogens with zero attached hydrogens (tertiary/aromatic N) is 2. The normalized spacial score (nSPS) is 11.0. The van der Waals surface area contributed by atoms with Crippen LogP contribution in [0.5, 0.6) is 0 Å². The summed E-state index contributed by atoms with van der Waals surface area (Å²) >= 11 is 1.59. The highest BCUT2D eigenvalue weighted by Gasteiger charge is 2.12. The Bertz CT molecular complexity index is 1260. The summed E-state index contributed by atoms with van der Waals surface area (Å²) in [6.07, 6.45) is 5.13. The fourth-order valence-electron chi connectivity index (χ4n) is 3.19. The van der Waals surface area contributed by atoms with Crippen molar-refractivity contribution in [2.24, 2.45) is 5.73 Å². The molecule has 0 aliphatic rings. The maximum atomic E-state index is 12.5. The maximum Gasteiger partial charge on any atom is 0.248 e. The van der Waals surface area contributed by atoms with Gasteiger partial charge >= 0.3 is 0 Å². The SMILES string of the molecule is Cc1cc(NC(=O)/C=C/c2cn(-c3ccccc3)nc2-c2cccs2)ccc1C(N)=O. The third-order valence-electron chi connectivity index (χ3n) is 4.69. The van der Waals surface area contributed by atoms with Gasteiger partial charge in [-0.15, -0.1) is 11.3 Å². The second-order valence-corrected chi connectivity index (χ2v) is 7.85. The van der Waals surface area contributed by atoms with Crippen LogP contribution in [0.15, 0.2) is 78.3 Å². The number of carbonyl (C=O) groups excluding carboxylic acids is 2. The molecule has 0 aliphatic heterocycles. The predicted molar refractivity (Wildman–Crippen MR) is 124 cm³/mol. The van der Waals surface area contributed by atoms with E-state index in [0.717, 1.165) is 21.8 Å². The van der Waals surface area contributed by atoms with E-state index in [1.165, 1.54) is 6.08 Å². The number of para-hydroxylation sites is 1. The van der Waals surface area contributed by atoms with Crippen LogP contribution in [0.4, 0.5) is 5.69 Å². The number of nitrogens with one attached hydrogen (secondary N) is 1. The minimum Gasteiger partial charge on any atom is -0.366 e. The molecule has 0 saturated carbocycles. The average molecular weight is 429 g/mol. The molecular formula is C24H20N4O2S. The van der Waals surface area contributed by atoms with E-state index in [1.807, 2.05) is 54.0 Å². The van der Waals surface area contributed by atoms with Crippen LogP contribution in [0.1, 0.15) is 21.5 Å². The smallest absolute Gasteiger partial charge is 0.248 e. The zero-order valence-corrected chi connectivity index (χ0v) is 17.6. The Balaban J connectivity index is 1.58. The number of hydrogen-bond acceptors (Lipinski definition) is 4. The lowest BCUT2D eigenvalue weighted by Gasteiger charge is -2.06. The third kappa shape index (κ3) is 4.62. The summed E-state index contributed by atoms with van der Waals surface area (Å²) in [6, 6.07) is 18.8. The van der Waals surface area contributed by atoms with E-state index in [9.17, 15) is 9.59 Å². The summed E-state index contributed by atoms with van der Waals surface area (Å²) in [7, 11) is 0. The number of carbonyl (C=O) groups is 2. The van der Waals surface area contributed by atoms with Gasteiger partial charge in [0.25, 0.3) is 0 Å². The standard InChI is InChI=1S/C24H20N4O2S/c1-16-14-18(10-11-20(16)24(25)30)26-22(29)12-9-17-15-28(19-6-3-2-4-7-19)27-23(17)21-8-5-13-31-21/h2-15H,1H3,(H2,25,30)(H,26,29)/b12-9+. The molecule has 2 aromatic heterocycles. The van der Waals surface area contributed by atoms with Crippen molar-refractivity contribution in [2.45, 2.75) is 6.92 Å². The number of aryl methyl sites for hydroxylation is 1. The lowest BCUT2D eigenvalue weighted by Crippen LogP contribution is -2.13. The van der Waals surface area contributed by atoms with Crippen molar-refractivity contribution in [3.63, 3.8) is 0 Å². The monoisotopic (exact) mass is 428 g/mol. The number of rotatable bonds is 6. The molecule has 31 heavy (non-hydrogen) atoms. The Morgan fingerprint density at radius 3 is 2.58 bits per heavy atom. The topological polar surface area (TPSA) is 90.0 Å². The maximum absolute atomic E-state index is 12.5. The third-order valence-corrected chi connectivity index (χ3v) is 5.57. The van der Waals surface area contributed by atoms with E-state index in [-0.39, 0.29) is 5.91 Å². The highest BCUT2D eigenvalue weighted by Crippen LogP contribution is 2.28. The van der Waals surface area contributed by atoms with Crippen LogP contribution in [0.3, 0.4) is 0 Å². The summed E-state index contributed by atoms with van der Waals surface area (Å²) in [5, 5.41) is 9.53. The van der Waals surface area contributed by atoms with Crippen LogP contribution in [-0.4, -0.2) is 21.6 Å². The summed E-state index contributed by atoms with van der Waals surface area (Å²) in [6.45, 7) is 1.77. The summed E-state index contributed by atoms with van der Waals surface area (Å²) in [5.41, 5.74) is 9.65. The van der Waals surface area contributed by atoms with Gasteiger partial charge in [-0.25, -0.2) is 4.68 Å². The van der Waals surface area contributed by atoms with Crippen molar-refractivity contribution >= 4 is 34.9 Å². The zero-order chi connectivity index (χ0) is 21.8. The molecule has 2 heterocycles. The van der Waals surface area contributed by atoms with Crippen molar-refractivity contribution in [1.29, 1.82) is 0 Å². The molecule has 154 valence electrons. The molecule has 0 fully saturated rings. The van der Waals surface area contributed by atoms with Crippen molar-refractivity contribution in [3.8, 4) is 16.3 Å². The number of anilines is 1. The number of benzene rings is 2. The molecule has 6 nitrogen and oxygen atoms in total. The number of primary amides is 1. The Morgan fingerprint density at radius 1 is 1.10 bits per heavy atom. The molecule has 0 unspecified atom stereocenters. The van der Waals surface area contributed by atoms with Gasteiger partial charge in [0, 0.05) is 29.1 Å². The molecule has 0 atom stereocenters. The number of thiophene rings is 1. The highest BCUT2D eigenvalue weighted by molar-refractivity contribution is 7.13. The van der Waals surface area contributed by atoms with E-state index in [0.29, 0.717) is 16.8 Å². The molecular weight excluding hydrogens is 408 g/mol. The minimum atomic E-state index is -0.494. The minimum absolute atomic E-state index is 0.282. The number of nitrogens with two attached hydrogens (primary N) is 1. The van der Waals surface area contributed by atoms with Crippen molar-refractivity contribution in [1.82, 2.24) is 9.78 Å². The van der Waals surface area contributed by atoms with Gasteiger partial charge in [0.2, 0.25) is 11.8 Å². The number of aromatic nitrogens is 2. The van der Waals surface area contributed by atoms with Crippen LogP contribution in [0, 0.1) is 6.92 Å². The summed E-state index contributed by atoms with van der Waals surface area (Å²) in [4.78, 5) is 24.9. The highest BCUT2D eigenvalue weighted by atomic mass is 32.1. The fourth-order valence-corrected chi connectivity index (χ4v) is 3.93. The largest absolute Gasteiger partial charge is 0.366 e. The second-order valence-electron chi connectivity index (χ2n) is 6.91. The van der Waals surface area contributed by atoms with Gasteiger partial charge in [0.05, 0.1) is 10.6 Å². The first kappa shape index (κ1) is 20.3. The summed E-state index contributed by atoms with van der Waals surface area (Å²) in [5.74, 6) is -0.775. The van der Waals surface area contributed by atoms with E-state index in [2.05, 4.69) is 5.32 Å². The van der Waals surface area contributed by atoms with Gasteiger partial charge < -0.3 is 11.1 Å². The van der Waals surface area contributed by atoms with Crippen LogP contribution in [-0.2, 0) is 4.79 Å².